The number of nitrogens with zero attached hydrogens (tertiary/aromatic N) is 4. The van der Waals surface area contributed by atoms with Crippen LogP contribution in [0.25, 0.3) is 0 Å². The Kier molecular flexibility index (Phi) is 18.0. The Morgan fingerprint density at radius 3 is 1.24 bits per heavy atom. The van der Waals surface area contributed by atoms with E-state index in [1.807, 2.05) is 12.1 Å². The number of rotatable bonds is 23. The molecule has 2 atom stereocenters. The average Bonchev–Trinajstić information content (AvgIpc) is 3.29. The van der Waals surface area contributed by atoms with Gasteiger partial charge in [-0.15, -0.1) is 0 Å². The molecule has 6 rings (SSSR count). The van der Waals surface area contributed by atoms with Crippen LogP contribution in [0.1, 0.15) is 77.3 Å². The van der Waals surface area contributed by atoms with Crippen molar-refractivity contribution in [3.8, 4) is 11.5 Å². The molecule has 0 fully saturated rings. The number of hydrogen-bond acceptors (Lipinski definition) is 12. The van der Waals surface area contributed by atoms with Gasteiger partial charge < -0.3 is 28.7 Å². The lowest BCUT2D eigenvalue weighted by Gasteiger charge is -2.35. The van der Waals surface area contributed by atoms with Gasteiger partial charge in [-0.2, -0.15) is 0 Å². The van der Waals surface area contributed by atoms with Crippen LogP contribution in [0.2, 0.25) is 10.0 Å². The fraction of sp³-hybridized carbons (Fsp3) is 0.458. The number of carbonyl (C=O) groups excluding carboxylic acids is 2. The summed E-state index contributed by atoms with van der Waals surface area (Å²) in [5.74, 6) is -1.29. The molecule has 0 aliphatic carbocycles. The van der Waals surface area contributed by atoms with Crippen LogP contribution < -0.4 is 18.1 Å². The van der Waals surface area contributed by atoms with E-state index in [0.717, 1.165) is 76.1 Å². The van der Waals surface area contributed by atoms with Crippen LogP contribution in [0, 0.1) is 0 Å². The van der Waals surface area contributed by atoms with Crippen LogP contribution in [-0.2, 0) is 52.0 Å². The van der Waals surface area contributed by atoms with Gasteiger partial charge in [-0.3, -0.25) is 18.2 Å². The Balaban J connectivity index is 1.14. The molecule has 358 valence electrons. The van der Waals surface area contributed by atoms with E-state index in [1.165, 1.54) is 57.1 Å². The number of anilines is 2. The molecule has 2 heterocycles. The van der Waals surface area contributed by atoms with E-state index in [2.05, 4.69) is 37.5 Å². The zero-order valence-corrected chi connectivity index (χ0v) is 41.1. The number of halogens is 2. The molecule has 4 aromatic carbocycles. The molecular weight excluding hydrogens is 928 g/mol. The van der Waals surface area contributed by atoms with E-state index in [1.54, 1.807) is 24.3 Å². The zero-order chi connectivity index (χ0) is 47.4. The third-order valence-corrected chi connectivity index (χ3v) is 15.3. The smallest absolute Gasteiger partial charge is 0.309 e. The topological polar surface area (TPSA) is 152 Å². The van der Waals surface area contributed by atoms with Crippen molar-refractivity contribution in [2.24, 2.45) is 0 Å². The van der Waals surface area contributed by atoms with Crippen LogP contribution in [0.4, 0.5) is 11.4 Å². The maximum Gasteiger partial charge on any atom is 0.309 e. The van der Waals surface area contributed by atoms with Crippen molar-refractivity contribution < 1.29 is 45.4 Å². The standard InChI is InChI=1S/C48H60Cl2N4O10S2/c1-5-25-51(26-6-2)29-23-35-9-19-43-41(31-35)53(65(57,58)39-15-11-37(49)12-16-39)33-47(61-43)63-45(55)21-22-46(56)64-48-34-54(66(59,60)40-17-13-38(50)14-18-40)42-32-36(10-20-44(42)62-48)24-30-52(27-7-3)28-8-4/h9-20,31-32,47-48H,5-8,21-30,33-34H2,1-4H3. The maximum absolute atomic E-state index is 14.2. The van der Waals surface area contributed by atoms with Gasteiger partial charge in [0.25, 0.3) is 32.6 Å². The summed E-state index contributed by atoms with van der Waals surface area (Å²) in [6.45, 7) is 13.3. The van der Waals surface area contributed by atoms with E-state index in [4.69, 9.17) is 42.1 Å². The summed E-state index contributed by atoms with van der Waals surface area (Å²) in [5.41, 5.74) is 2.44. The molecule has 0 aromatic heterocycles. The summed E-state index contributed by atoms with van der Waals surface area (Å²) in [6.07, 6.45) is 1.84. The van der Waals surface area contributed by atoms with Gasteiger partial charge >= 0.3 is 11.9 Å². The summed E-state index contributed by atoms with van der Waals surface area (Å²) in [5, 5.41) is 0.739. The highest BCUT2D eigenvalue weighted by Gasteiger charge is 2.38. The van der Waals surface area contributed by atoms with E-state index in [-0.39, 0.29) is 34.4 Å². The van der Waals surface area contributed by atoms with Gasteiger partial charge in [-0.05, 0) is 149 Å². The summed E-state index contributed by atoms with van der Waals surface area (Å²) in [4.78, 5) is 31.3. The highest BCUT2D eigenvalue weighted by molar-refractivity contribution is 7.93. The van der Waals surface area contributed by atoms with Crippen LogP contribution in [0.3, 0.4) is 0 Å². The predicted octanol–water partition coefficient (Wildman–Crippen LogP) is 8.72. The lowest BCUT2D eigenvalue weighted by molar-refractivity contribution is -0.170. The van der Waals surface area contributed by atoms with Gasteiger partial charge in [0, 0.05) is 23.1 Å². The van der Waals surface area contributed by atoms with E-state index in [0.29, 0.717) is 34.3 Å². The second kappa shape index (κ2) is 23.4. The van der Waals surface area contributed by atoms with E-state index >= 15 is 0 Å². The van der Waals surface area contributed by atoms with Crippen molar-refractivity contribution in [3.63, 3.8) is 0 Å². The largest absolute Gasteiger partial charge is 0.451 e. The first-order valence-electron chi connectivity index (χ1n) is 22.6. The number of sulfonamides is 2. The van der Waals surface area contributed by atoms with Crippen LogP contribution >= 0.6 is 23.2 Å². The first-order chi connectivity index (χ1) is 31.6. The molecule has 0 N–H and O–H groups in total. The molecule has 18 heteroatoms. The molecule has 0 spiro atoms. The number of hydrogen-bond donors (Lipinski definition) is 0. The molecule has 2 unspecified atom stereocenters. The first-order valence-corrected chi connectivity index (χ1v) is 26.3. The molecule has 4 aromatic rings. The molecule has 14 nitrogen and oxygen atoms in total. The number of esters is 2. The number of carbonyl (C=O) groups is 2. The van der Waals surface area contributed by atoms with Crippen molar-refractivity contribution in [2.75, 3.05) is 61.0 Å². The molecule has 0 saturated carbocycles. The molecule has 2 aliphatic rings. The minimum absolute atomic E-state index is 0.0104. The fourth-order valence-corrected chi connectivity index (χ4v) is 11.2. The molecule has 0 bridgehead atoms. The summed E-state index contributed by atoms with van der Waals surface area (Å²) in [7, 11) is -8.38. The molecule has 0 amide bonds. The fourth-order valence-electron chi connectivity index (χ4n) is 8.02. The van der Waals surface area contributed by atoms with E-state index < -0.39 is 57.4 Å². The van der Waals surface area contributed by atoms with Crippen molar-refractivity contribution >= 4 is 66.6 Å². The second-order valence-corrected chi connectivity index (χ2v) is 20.9. The highest BCUT2D eigenvalue weighted by atomic mass is 35.5. The first kappa shape index (κ1) is 50.8. The molecule has 0 saturated heterocycles. The van der Waals surface area contributed by atoms with E-state index in [9.17, 15) is 26.4 Å². The molecule has 0 radical (unpaired) electrons. The minimum atomic E-state index is -4.19. The Morgan fingerprint density at radius 1 is 0.561 bits per heavy atom. The van der Waals surface area contributed by atoms with Crippen LogP contribution in [0.15, 0.2) is 94.7 Å². The third-order valence-electron chi connectivity index (χ3n) is 11.2. The molecular formula is C48H60Cl2N4O10S2. The summed E-state index contributed by atoms with van der Waals surface area (Å²) in [6, 6.07) is 22.2. The van der Waals surface area contributed by atoms with Crippen molar-refractivity contribution in [1.82, 2.24) is 9.80 Å². The zero-order valence-electron chi connectivity index (χ0n) is 38.0. The van der Waals surface area contributed by atoms with Crippen molar-refractivity contribution in [3.05, 3.63) is 106 Å². The monoisotopic (exact) mass is 986 g/mol. The van der Waals surface area contributed by atoms with Crippen LogP contribution in [0.5, 0.6) is 11.5 Å². The number of benzene rings is 4. The van der Waals surface area contributed by atoms with Gasteiger partial charge in [0.15, 0.2) is 0 Å². The van der Waals surface area contributed by atoms with Gasteiger partial charge in [-0.1, -0.05) is 63.0 Å². The lowest BCUT2D eigenvalue weighted by Crippen LogP contribution is -2.46. The molecule has 2 aliphatic heterocycles. The predicted molar refractivity (Wildman–Crippen MR) is 257 cm³/mol. The normalized spacial score (nSPS) is 16.1. The quantitative estimate of drug-likeness (QED) is 0.0654. The third kappa shape index (κ3) is 13.1. The number of fused-ring (bicyclic) bond motifs is 2. The summed E-state index contributed by atoms with van der Waals surface area (Å²) >= 11 is 12.2. The van der Waals surface area contributed by atoms with Gasteiger partial charge in [-0.25, -0.2) is 16.8 Å². The highest BCUT2D eigenvalue weighted by Crippen LogP contribution is 2.40. The van der Waals surface area contributed by atoms with Gasteiger partial charge in [0.05, 0.1) is 34.0 Å². The lowest BCUT2D eigenvalue weighted by atomic mass is 10.1. The Hall–Kier alpha value is -4.58. The van der Waals surface area contributed by atoms with Crippen molar-refractivity contribution in [2.45, 2.75) is 101 Å². The average molecular weight is 988 g/mol. The second-order valence-electron chi connectivity index (χ2n) is 16.3. The van der Waals surface area contributed by atoms with Gasteiger partial charge in [0.1, 0.15) is 24.6 Å². The maximum atomic E-state index is 14.2. The Labute approximate surface area is 399 Å². The summed E-state index contributed by atoms with van der Waals surface area (Å²) < 4.78 is 82.4. The molecule has 66 heavy (non-hydrogen) atoms. The minimum Gasteiger partial charge on any atom is -0.451 e. The van der Waals surface area contributed by atoms with Crippen molar-refractivity contribution in [1.29, 1.82) is 0 Å². The Morgan fingerprint density at radius 2 is 0.909 bits per heavy atom. The number of ether oxygens (including phenoxy) is 4. The van der Waals surface area contributed by atoms with Crippen LogP contribution in [-0.4, -0.2) is 104 Å². The Bertz CT molecular complexity index is 2310. The SMILES string of the molecule is CCCN(CCC)CCc1ccc2c(c1)N(S(=O)(=O)c1ccc(Cl)cc1)CC(OC(=O)CCC(=O)OC1CN(S(=O)(=O)c3ccc(Cl)cc3)c3cc(CCN(CCC)CCC)ccc3O1)O2. The van der Waals surface area contributed by atoms with Gasteiger partial charge in [0.2, 0.25) is 0 Å².